The van der Waals surface area contributed by atoms with Crippen molar-refractivity contribution in [1.29, 1.82) is 0 Å². The highest BCUT2D eigenvalue weighted by molar-refractivity contribution is 6.44. The Morgan fingerprint density at radius 2 is 1.62 bits per heavy atom. The van der Waals surface area contributed by atoms with Crippen LogP contribution in [-0.4, -0.2) is 18.5 Å². The van der Waals surface area contributed by atoms with Gasteiger partial charge in [-0.3, -0.25) is 4.79 Å². The molecule has 0 fully saturated rings. The minimum atomic E-state index is -0.652. The first-order chi connectivity index (χ1) is 15.4. The molecule has 3 aromatic rings. The van der Waals surface area contributed by atoms with Crippen LogP contribution in [-0.2, 0) is 20.9 Å². The predicted octanol–water partition coefficient (Wildman–Crippen LogP) is 6.42. The fourth-order valence-corrected chi connectivity index (χ4v) is 3.03. The number of esters is 1. The maximum atomic E-state index is 11.9. The van der Waals surface area contributed by atoms with Crippen molar-refractivity contribution in [3.05, 3.63) is 99.0 Å². The molecule has 5 nitrogen and oxygen atoms in total. The zero-order chi connectivity index (χ0) is 22.9. The molecule has 0 atom stereocenters. The standard InChI is InChI=1S/C24H18Cl3NO4/c25-18-9-4-17(5-10-18)14-31-19-11-6-16(7-12-19)8-13-23(30)32-15-22(29)28-21-3-1-2-20(26)24(21)27/h1-13H,14-15H2,(H,28,29). The van der Waals surface area contributed by atoms with E-state index in [1.807, 2.05) is 24.3 Å². The first kappa shape index (κ1) is 23.7. The third-order valence-electron chi connectivity index (χ3n) is 4.18. The van der Waals surface area contributed by atoms with Gasteiger partial charge in [0.2, 0.25) is 0 Å². The van der Waals surface area contributed by atoms with E-state index in [9.17, 15) is 9.59 Å². The van der Waals surface area contributed by atoms with Crippen molar-refractivity contribution in [1.82, 2.24) is 0 Å². The number of anilines is 1. The summed E-state index contributed by atoms with van der Waals surface area (Å²) in [6.07, 6.45) is 2.82. The van der Waals surface area contributed by atoms with Gasteiger partial charge < -0.3 is 14.8 Å². The topological polar surface area (TPSA) is 64.6 Å². The zero-order valence-corrected chi connectivity index (χ0v) is 19.0. The molecule has 3 rings (SSSR count). The van der Waals surface area contributed by atoms with Gasteiger partial charge in [-0.05, 0) is 53.6 Å². The van der Waals surface area contributed by atoms with Gasteiger partial charge in [0.25, 0.3) is 5.91 Å². The van der Waals surface area contributed by atoms with Gasteiger partial charge in [-0.25, -0.2) is 4.79 Å². The first-order valence-corrected chi connectivity index (χ1v) is 10.6. The summed E-state index contributed by atoms with van der Waals surface area (Å²) in [6.45, 7) is -0.0371. The number of carbonyl (C=O) groups is 2. The second-order valence-electron chi connectivity index (χ2n) is 6.57. The maximum absolute atomic E-state index is 11.9. The van der Waals surface area contributed by atoms with Crippen LogP contribution in [0.5, 0.6) is 5.75 Å². The normalized spacial score (nSPS) is 10.7. The second kappa shape index (κ2) is 11.6. The number of rotatable bonds is 8. The Kier molecular flexibility index (Phi) is 8.56. The molecule has 0 aliphatic carbocycles. The van der Waals surface area contributed by atoms with Crippen molar-refractivity contribution in [2.24, 2.45) is 0 Å². The third kappa shape index (κ3) is 7.31. The van der Waals surface area contributed by atoms with Gasteiger partial charge in [-0.15, -0.1) is 0 Å². The lowest BCUT2D eigenvalue weighted by molar-refractivity contribution is -0.142. The Morgan fingerprint density at radius 1 is 0.906 bits per heavy atom. The molecule has 32 heavy (non-hydrogen) atoms. The van der Waals surface area contributed by atoms with E-state index < -0.39 is 18.5 Å². The van der Waals surface area contributed by atoms with E-state index in [2.05, 4.69) is 5.32 Å². The predicted molar refractivity (Wildman–Crippen MR) is 127 cm³/mol. The summed E-state index contributed by atoms with van der Waals surface area (Å²) in [7, 11) is 0. The molecule has 0 saturated carbocycles. The van der Waals surface area contributed by atoms with Crippen molar-refractivity contribution in [2.45, 2.75) is 6.61 Å². The van der Waals surface area contributed by atoms with Crippen molar-refractivity contribution >= 4 is 58.4 Å². The number of amides is 1. The SMILES string of the molecule is O=C(COC(=O)C=Cc1ccc(OCc2ccc(Cl)cc2)cc1)Nc1cccc(Cl)c1Cl. The molecule has 0 heterocycles. The largest absolute Gasteiger partial charge is 0.489 e. The maximum Gasteiger partial charge on any atom is 0.331 e. The van der Waals surface area contributed by atoms with Crippen LogP contribution in [0, 0.1) is 0 Å². The van der Waals surface area contributed by atoms with Gasteiger partial charge in [0.15, 0.2) is 6.61 Å². The van der Waals surface area contributed by atoms with Crippen LogP contribution < -0.4 is 10.1 Å². The van der Waals surface area contributed by atoms with Crippen LogP contribution in [0.4, 0.5) is 5.69 Å². The Balaban J connectivity index is 1.44. The van der Waals surface area contributed by atoms with Gasteiger partial charge in [0.05, 0.1) is 15.7 Å². The highest BCUT2D eigenvalue weighted by atomic mass is 35.5. The lowest BCUT2D eigenvalue weighted by atomic mass is 10.2. The molecule has 164 valence electrons. The molecule has 0 saturated heterocycles. The summed E-state index contributed by atoms with van der Waals surface area (Å²) < 4.78 is 10.7. The minimum absolute atomic E-state index is 0.217. The number of benzene rings is 3. The lowest BCUT2D eigenvalue weighted by Crippen LogP contribution is -2.20. The van der Waals surface area contributed by atoms with Crippen LogP contribution in [0.15, 0.2) is 72.8 Å². The summed E-state index contributed by atoms with van der Waals surface area (Å²) in [4.78, 5) is 23.8. The summed E-state index contributed by atoms with van der Waals surface area (Å²) in [5, 5.41) is 3.74. The monoisotopic (exact) mass is 489 g/mol. The molecule has 0 unspecified atom stereocenters. The molecule has 1 amide bonds. The molecule has 8 heteroatoms. The van der Waals surface area contributed by atoms with Gasteiger partial charge in [0, 0.05) is 11.1 Å². The summed E-state index contributed by atoms with van der Waals surface area (Å²) in [6, 6.07) is 19.4. The second-order valence-corrected chi connectivity index (χ2v) is 7.80. The van der Waals surface area contributed by atoms with E-state index in [1.165, 1.54) is 6.08 Å². The molecular weight excluding hydrogens is 473 g/mol. The Labute approximate surface area is 200 Å². The third-order valence-corrected chi connectivity index (χ3v) is 5.25. The fourth-order valence-electron chi connectivity index (χ4n) is 2.56. The van der Waals surface area contributed by atoms with Crippen molar-refractivity contribution < 1.29 is 19.1 Å². The van der Waals surface area contributed by atoms with Gasteiger partial charge in [0.1, 0.15) is 12.4 Å². The van der Waals surface area contributed by atoms with Crippen LogP contribution in [0.2, 0.25) is 15.1 Å². The highest BCUT2D eigenvalue weighted by Crippen LogP contribution is 2.29. The molecule has 0 bridgehead atoms. The van der Waals surface area contributed by atoms with Gasteiger partial charge >= 0.3 is 5.97 Å². The first-order valence-electron chi connectivity index (χ1n) is 9.47. The molecular formula is C24H18Cl3NO4. The number of hydrogen-bond acceptors (Lipinski definition) is 4. The highest BCUT2D eigenvalue weighted by Gasteiger charge is 2.10. The van der Waals surface area contributed by atoms with Crippen LogP contribution in [0.1, 0.15) is 11.1 Å². The number of ether oxygens (including phenoxy) is 2. The van der Waals surface area contributed by atoms with E-state index in [-0.39, 0.29) is 5.02 Å². The minimum Gasteiger partial charge on any atom is -0.489 e. The lowest BCUT2D eigenvalue weighted by Gasteiger charge is -2.08. The molecule has 0 radical (unpaired) electrons. The molecule has 1 N–H and O–H groups in total. The number of nitrogens with one attached hydrogen (secondary N) is 1. The fraction of sp³-hybridized carbons (Fsp3) is 0.0833. The van der Waals surface area contributed by atoms with Crippen molar-refractivity contribution in [3.8, 4) is 5.75 Å². The van der Waals surface area contributed by atoms with E-state index >= 15 is 0 Å². The van der Waals surface area contributed by atoms with E-state index in [4.69, 9.17) is 44.3 Å². The molecule has 0 spiro atoms. The van der Waals surface area contributed by atoms with Crippen molar-refractivity contribution in [2.75, 3.05) is 11.9 Å². The number of carbonyl (C=O) groups excluding carboxylic acids is 2. The Bertz CT molecular complexity index is 1110. The Morgan fingerprint density at radius 3 is 2.34 bits per heavy atom. The van der Waals surface area contributed by atoms with Crippen LogP contribution in [0.25, 0.3) is 6.08 Å². The quantitative estimate of drug-likeness (QED) is 0.292. The Hall–Kier alpha value is -2.99. The summed E-state index contributed by atoms with van der Waals surface area (Å²) in [5.41, 5.74) is 2.12. The smallest absolute Gasteiger partial charge is 0.331 e. The molecule has 0 aromatic heterocycles. The van der Waals surface area contributed by atoms with Crippen LogP contribution >= 0.6 is 34.8 Å². The van der Waals surface area contributed by atoms with Gasteiger partial charge in [-0.1, -0.05) is 65.1 Å². The van der Waals surface area contributed by atoms with Gasteiger partial charge in [-0.2, -0.15) is 0 Å². The van der Waals surface area contributed by atoms with E-state index in [1.54, 1.807) is 48.5 Å². The van der Waals surface area contributed by atoms with E-state index in [0.717, 1.165) is 11.1 Å². The summed E-state index contributed by atoms with van der Waals surface area (Å²) in [5.74, 6) is -0.491. The number of hydrogen-bond donors (Lipinski definition) is 1. The molecule has 0 aliphatic heterocycles. The number of halogens is 3. The van der Waals surface area contributed by atoms with Crippen molar-refractivity contribution in [3.63, 3.8) is 0 Å². The van der Waals surface area contributed by atoms with Crippen LogP contribution in [0.3, 0.4) is 0 Å². The summed E-state index contributed by atoms with van der Waals surface area (Å²) >= 11 is 17.8. The average molecular weight is 491 g/mol. The van der Waals surface area contributed by atoms with E-state index in [0.29, 0.717) is 28.1 Å². The molecule has 3 aromatic carbocycles. The zero-order valence-electron chi connectivity index (χ0n) is 16.7. The average Bonchev–Trinajstić information content (AvgIpc) is 2.79. The molecule has 0 aliphatic rings.